The molecule has 1 heterocycles. The molecular formula is C15H19BrFN3O. The van der Waals surface area contributed by atoms with Crippen LogP contribution in [0.4, 0.5) is 4.39 Å². The fourth-order valence-electron chi connectivity index (χ4n) is 2.20. The van der Waals surface area contributed by atoms with E-state index in [0.29, 0.717) is 29.6 Å². The maximum absolute atomic E-state index is 13.3. The molecule has 21 heavy (non-hydrogen) atoms. The van der Waals surface area contributed by atoms with Gasteiger partial charge in [-0.3, -0.25) is 0 Å². The van der Waals surface area contributed by atoms with Gasteiger partial charge in [0, 0.05) is 22.5 Å². The fraction of sp³-hybridized carbons (Fsp3) is 0.467. The third kappa shape index (κ3) is 4.35. The summed E-state index contributed by atoms with van der Waals surface area (Å²) < 4.78 is 19.4. The molecule has 0 saturated heterocycles. The van der Waals surface area contributed by atoms with Gasteiger partial charge in [-0.25, -0.2) is 4.39 Å². The molecule has 1 N–H and O–H groups in total. The average Bonchev–Trinajstić information content (AvgIpc) is 2.88. The van der Waals surface area contributed by atoms with Crippen molar-refractivity contribution in [2.45, 2.75) is 32.7 Å². The highest BCUT2D eigenvalue weighted by Crippen LogP contribution is 2.27. The number of halogens is 2. The van der Waals surface area contributed by atoms with Crippen molar-refractivity contribution in [3.05, 3.63) is 34.4 Å². The van der Waals surface area contributed by atoms with Crippen LogP contribution in [0.25, 0.3) is 11.4 Å². The monoisotopic (exact) mass is 355 g/mol. The van der Waals surface area contributed by atoms with E-state index in [4.69, 9.17) is 4.52 Å². The van der Waals surface area contributed by atoms with E-state index >= 15 is 0 Å². The van der Waals surface area contributed by atoms with Gasteiger partial charge in [-0.05, 0) is 37.6 Å². The first-order valence-corrected chi connectivity index (χ1v) is 7.74. The van der Waals surface area contributed by atoms with Crippen molar-refractivity contribution in [3.8, 4) is 11.4 Å². The molecule has 0 fully saturated rings. The van der Waals surface area contributed by atoms with E-state index in [0.717, 1.165) is 10.9 Å². The summed E-state index contributed by atoms with van der Waals surface area (Å²) in [5.74, 6) is 1.21. The molecule has 6 heteroatoms. The van der Waals surface area contributed by atoms with Crippen molar-refractivity contribution in [1.29, 1.82) is 0 Å². The van der Waals surface area contributed by atoms with Crippen LogP contribution >= 0.6 is 15.9 Å². The lowest BCUT2D eigenvalue weighted by Crippen LogP contribution is -2.29. The first-order valence-electron chi connectivity index (χ1n) is 6.95. The molecule has 2 rings (SSSR count). The number of nitrogens with one attached hydrogen (secondary N) is 1. The number of nitrogens with zero attached hydrogens (tertiary/aromatic N) is 2. The minimum Gasteiger partial charge on any atom is -0.339 e. The lowest BCUT2D eigenvalue weighted by molar-refractivity contribution is 0.345. The molecule has 0 bridgehead atoms. The number of benzene rings is 1. The van der Waals surface area contributed by atoms with Crippen molar-refractivity contribution in [2.24, 2.45) is 5.92 Å². The van der Waals surface area contributed by atoms with Crippen molar-refractivity contribution in [1.82, 2.24) is 15.5 Å². The van der Waals surface area contributed by atoms with Crippen LogP contribution in [0.1, 0.15) is 26.2 Å². The molecule has 1 aromatic heterocycles. The summed E-state index contributed by atoms with van der Waals surface area (Å²) >= 11 is 3.37. The molecule has 2 aromatic rings. The normalized spacial score (nSPS) is 12.9. The number of likely N-dealkylation sites (N-methyl/N-ethyl adjacent to an activating group) is 1. The Morgan fingerprint density at radius 3 is 2.81 bits per heavy atom. The zero-order valence-corrected chi connectivity index (χ0v) is 13.9. The number of hydrogen-bond acceptors (Lipinski definition) is 4. The zero-order valence-electron chi connectivity index (χ0n) is 12.4. The van der Waals surface area contributed by atoms with Crippen LogP contribution in [0.2, 0.25) is 0 Å². The van der Waals surface area contributed by atoms with Crippen molar-refractivity contribution < 1.29 is 8.91 Å². The predicted molar refractivity (Wildman–Crippen MR) is 83.4 cm³/mol. The second-order valence-corrected chi connectivity index (χ2v) is 6.31. The number of hydrogen-bond donors (Lipinski definition) is 1. The van der Waals surface area contributed by atoms with Crippen molar-refractivity contribution in [3.63, 3.8) is 0 Å². The van der Waals surface area contributed by atoms with E-state index in [-0.39, 0.29) is 11.9 Å². The standard InChI is InChI=1S/C15H19BrFN3O/c1-9(2)6-11(18-3)8-14-19-15(20-21-14)12-7-10(17)4-5-13(12)16/h4-5,7,9,11,18H,6,8H2,1-3H3. The summed E-state index contributed by atoms with van der Waals surface area (Å²) in [5, 5.41) is 7.20. The van der Waals surface area contributed by atoms with Crippen molar-refractivity contribution in [2.75, 3.05) is 7.05 Å². The third-order valence-corrected chi connectivity index (χ3v) is 3.91. The fourth-order valence-corrected chi connectivity index (χ4v) is 2.62. The minimum absolute atomic E-state index is 0.286. The Morgan fingerprint density at radius 1 is 1.38 bits per heavy atom. The molecule has 1 aromatic carbocycles. The molecule has 0 radical (unpaired) electrons. The van der Waals surface area contributed by atoms with Crippen LogP contribution in [-0.4, -0.2) is 23.2 Å². The van der Waals surface area contributed by atoms with Gasteiger partial charge in [-0.1, -0.05) is 34.9 Å². The third-order valence-electron chi connectivity index (χ3n) is 3.22. The molecular weight excluding hydrogens is 337 g/mol. The lowest BCUT2D eigenvalue weighted by atomic mass is 10.0. The molecule has 114 valence electrons. The van der Waals surface area contributed by atoms with Crippen LogP contribution in [0, 0.1) is 11.7 Å². The van der Waals surface area contributed by atoms with E-state index in [1.807, 2.05) is 7.05 Å². The summed E-state index contributed by atoms with van der Waals surface area (Å²) in [6.07, 6.45) is 1.69. The minimum atomic E-state index is -0.326. The van der Waals surface area contributed by atoms with Crippen LogP contribution in [0.3, 0.4) is 0 Å². The molecule has 1 atom stereocenters. The number of aromatic nitrogens is 2. The first-order chi connectivity index (χ1) is 9.99. The molecule has 0 aliphatic carbocycles. The smallest absolute Gasteiger partial charge is 0.228 e. The highest BCUT2D eigenvalue weighted by atomic mass is 79.9. The summed E-state index contributed by atoms with van der Waals surface area (Å²) in [6, 6.07) is 4.70. The van der Waals surface area contributed by atoms with Gasteiger partial charge in [0.15, 0.2) is 0 Å². The highest BCUT2D eigenvalue weighted by molar-refractivity contribution is 9.10. The molecule has 4 nitrogen and oxygen atoms in total. The summed E-state index contributed by atoms with van der Waals surface area (Å²) in [4.78, 5) is 4.36. The lowest BCUT2D eigenvalue weighted by Gasteiger charge is -2.15. The van der Waals surface area contributed by atoms with Crippen LogP contribution in [-0.2, 0) is 6.42 Å². The van der Waals surface area contributed by atoms with Crippen LogP contribution in [0.5, 0.6) is 0 Å². The topological polar surface area (TPSA) is 51.0 Å². The van der Waals surface area contributed by atoms with Gasteiger partial charge in [0.1, 0.15) is 5.82 Å². The summed E-state index contributed by atoms with van der Waals surface area (Å²) in [7, 11) is 1.92. The van der Waals surface area contributed by atoms with Gasteiger partial charge in [-0.15, -0.1) is 0 Å². The maximum atomic E-state index is 13.3. The van der Waals surface area contributed by atoms with Gasteiger partial charge in [0.2, 0.25) is 11.7 Å². The van der Waals surface area contributed by atoms with Crippen LogP contribution in [0.15, 0.2) is 27.2 Å². The molecule has 0 aliphatic heterocycles. The molecule has 0 spiro atoms. The van der Waals surface area contributed by atoms with Gasteiger partial charge < -0.3 is 9.84 Å². The Morgan fingerprint density at radius 2 is 2.14 bits per heavy atom. The van der Waals surface area contributed by atoms with Gasteiger partial charge in [-0.2, -0.15) is 4.98 Å². The SMILES string of the molecule is CNC(Cc1nc(-c2cc(F)ccc2Br)no1)CC(C)C. The Balaban J connectivity index is 2.16. The molecule has 0 amide bonds. The number of rotatable bonds is 6. The summed E-state index contributed by atoms with van der Waals surface area (Å²) in [5.41, 5.74) is 0.592. The highest BCUT2D eigenvalue weighted by Gasteiger charge is 2.16. The second-order valence-electron chi connectivity index (χ2n) is 5.46. The van der Waals surface area contributed by atoms with Gasteiger partial charge in [0.25, 0.3) is 0 Å². The Kier molecular flexibility index (Phi) is 5.47. The Labute approximate surface area is 132 Å². The van der Waals surface area contributed by atoms with E-state index in [1.165, 1.54) is 12.1 Å². The maximum Gasteiger partial charge on any atom is 0.228 e. The second kappa shape index (κ2) is 7.13. The molecule has 0 saturated carbocycles. The van der Waals surface area contributed by atoms with Crippen molar-refractivity contribution >= 4 is 15.9 Å². The first kappa shape index (κ1) is 16.1. The van der Waals surface area contributed by atoms with Crippen LogP contribution < -0.4 is 5.32 Å². The quantitative estimate of drug-likeness (QED) is 0.855. The summed E-state index contributed by atoms with van der Waals surface area (Å²) in [6.45, 7) is 4.35. The Bertz CT molecular complexity index is 600. The van der Waals surface area contributed by atoms with E-state index in [9.17, 15) is 4.39 Å². The van der Waals surface area contributed by atoms with E-state index < -0.39 is 0 Å². The van der Waals surface area contributed by atoms with Gasteiger partial charge >= 0.3 is 0 Å². The molecule has 1 unspecified atom stereocenters. The van der Waals surface area contributed by atoms with E-state index in [1.54, 1.807) is 6.07 Å². The average molecular weight is 356 g/mol. The largest absolute Gasteiger partial charge is 0.339 e. The molecule has 0 aliphatic rings. The Hall–Kier alpha value is -1.27. The van der Waals surface area contributed by atoms with Gasteiger partial charge in [0.05, 0.1) is 0 Å². The van der Waals surface area contributed by atoms with E-state index in [2.05, 4.69) is 45.2 Å². The predicted octanol–water partition coefficient (Wildman–Crippen LogP) is 3.81. The zero-order chi connectivity index (χ0) is 15.4.